The molecule has 0 saturated heterocycles. The molecule has 166 valence electrons. The van der Waals surface area contributed by atoms with Crippen LogP contribution in [0.25, 0.3) is 0 Å². The molecule has 0 spiro atoms. The first-order valence-electron chi connectivity index (χ1n) is 11.0. The third-order valence-electron chi connectivity index (χ3n) is 5.88. The number of hydrogen-bond donors (Lipinski definition) is 1. The molecule has 2 aromatic rings. The molecule has 0 aromatic heterocycles. The van der Waals surface area contributed by atoms with Crippen LogP contribution in [0.3, 0.4) is 0 Å². The summed E-state index contributed by atoms with van der Waals surface area (Å²) >= 11 is 6.00. The molecule has 0 heterocycles. The molecule has 6 heteroatoms. The maximum absolute atomic E-state index is 13.1. The summed E-state index contributed by atoms with van der Waals surface area (Å²) in [6.07, 6.45) is 5.50. The zero-order valence-corrected chi connectivity index (χ0v) is 19.0. The van der Waals surface area contributed by atoms with E-state index in [9.17, 15) is 9.59 Å². The quantitative estimate of drug-likeness (QED) is 0.633. The lowest BCUT2D eigenvalue weighted by Gasteiger charge is -2.31. The highest BCUT2D eigenvalue weighted by Gasteiger charge is 2.28. The summed E-state index contributed by atoms with van der Waals surface area (Å²) in [5.41, 5.74) is 2.09. The van der Waals surface area contributed by atoms with Crippen LogP contribution in [0.1, 0.15) is 50.2 Å². The Balaban J connectivity index is 1.72. The van der Waals surface area contributed by atoms with E-state index >= 15 is 0 Å². The molecule has 1 saturated carbocycles. The monoisotopic (exact) mass is 442 g/mol. The number of ether oxygens (including phenoxy) is 1. The van der Waals surface area contributed by atoms with Gasteiger partial charge in [-0.3, -0.25) is 9.59 Å². The molecule has 1 fully saturated rings. The Labute approximate surface area is 189 Å². The second kappa shape index (κ2) is 11.2. The molecule has 0 bridgehead atoms. The highest BCUT2D eigenvalue weighted by Crippen LogP contribution is 2.20. The first-order valence-corrected chi connectivity index (χ1v) is 11.3. The average molecular weight is 443 g/mol. The molecule has 3 rings (SSSR count). The first-order chi connectivity index (χ1) is 14.9. The topological polar surface area (TPSA) is 58.6 Å². The van der Waals surface area contributed by atoms with Crippen molar-refractivity contribution in [3.63, 3.8) is 0 Å². The Kier molecular flexibility index (Phi) is 8.35. The van der Waals surface area contributed by atoms with Crippen molar-refractivity contribution in [1.82, 2.24) is 10.2 Å². The molecule has 2 aromatic carbocycles. The van der Waals surface area contributed by atoms with Crippen LogP contribution in [0.2, 0.25) is 5.02 Å². The van der Waals surface area contributed by atoms with E-state index in [4.69, 9.17) is 16.3 Å². The number of hydrogen-bond acceptors (Lipinski definition) is 3. The summed E-state index contributed by atoms with van der Waals surface area (Å²) in [7, 11) is 0. The lowest BCUT2D eigenvalue weighted by Crippen LogP contribution is -2.51. The van der Waals surface area contributed by atoms with Crippen molar-refractivity contribution in [2.45, 2.75) is 64.6 Å². The number of carbonyl (C=O) groups is 2. The lowest BCUT2D eigenvalue weighted by molar-refractivity contribution is -0.142. The zero-order chi connectivity index (χ0) is 22.2. The van der Waals surface area contributed by atoms with Crippen molar-refractivity contribution >= 4 is 23.4 Å². The second-order valence-electron chi connectivity index (χ2n) is 8.21. The Morgan fingerprint density at radius 1 is 1.13 bits per heavy atom. The number of amides is 2. The molecule has 2 amide bonds. The van der Waals surface area contributed by atoms with Gasteiger partial charge in [0, 0.05) is 17.6 Å². The fourth-order valence-corrected chi connectivity index (χ4v) is 4.09. The van der Waals surface area contributed by atoms with Crippen LogP contribution >= 0.6 is 11.6 Å². The van der Waals surface area contributed by atoms with Crippen LogP contribution in [0, 0.1) is 6.92 Å². The van der Waals surface area contributed by atoms with Gasteiger partial charge in [0.2, 0.25) is 5.91 Å². The van der Waals surface area contributed by atoms with Crippen LogP contribution in [-0.2, 0) is 16.1 Å². The third kappa shape index (κ3) is 6.73. The van der Waals surface area contributed by atoms with Gasteiger partial charge in [-0.1, -0.05) is 61.2 Å². The van der Waals surface area contributed by atoms with E-state index < -0.39 is 6.04 Å². The molecule has 1 N–H and O–H groups in total. The molecule has 1 atom stereocenters. The van der Waals surface area contributed by atoms with Gasteiger partial charge in [-0.25, -0.2) is 0 Å². The van der Waals surface area contributed by atoms with Gasteiger partial charge in [-0.2, -0.15) is 0 Å². The highest BCUT2D eigenvalue weighted by molar-refractivity contribution is 6.30. The van der Waals surface area contributed by atoms with Crippen molar-refractivity contribution in [3.8, 4) is 5.75 Å². The lowest BCUT2D eigenvalue weighted by atomic mass is 9.95. The first kappa shape index (κ1) is 23.1. The Morgan fingerprint density at radius 3 is 2.58 bits per heavy atom. The van der Waals surface area contributed by atoms with Crippen LogP contribution in [0.15, 0.2) is 48.5 Å². The second-order valence-corrected chi connectivity index (χ2v) is 8.65. The summed E-state index contributed by atoms with van der Waals surface area (Å²) < 4.78 is 5.67. The minimum absolute atomic E-state index is 0.114. The predicted octanol–water partition coefficient (Wildman–Crippen LogP) is 4.89. The van der Waals surface area contributed by atoms with Gasteiger partial charge in [0.05, 0.1) is 0 Å². The average Bonchev–Trinajstić information content (AvgIpc) is 2.77. The van der Waals surface area contributed by atoms with Crippen molar-refractivity contribution in [2.75, 3.05) is 6.61 Å². The van der Waals surface area contributed by atoms with Crippen molar-refractivity contribution in [1.29, 1.82) is 0 Å². The number of halogens is 1. The zero-order valence-electron chi connectivity index (χ0n) is 18.3. The molecular weight excluding hydrogens is 412 g/mol. The Bertz CT molecular complexity index is 896. The van der Waals surface area contributed by atoms with E-state index in [1.807, 2.05) is 31.2 Å². The summed E-state index contributed by atoms with van der Waals surface area (Å²) in [5, 5.41) is 3.69. The Morgan fingerprint density at radius 2 is 1.87 bits per heavy atom. The number of nitrogens with zero attached hydrogens (tertiary/aromatic N) is 1. The third-order valence-corrected chi connectivity index (χ3v) is 6.11. The predicted molar refractivity (Wildman–Crippen MR) is 123 cm³/mol. The van der Waals surface area contributed by atoms with Gasteiger partial charge in [0.15, 0.2) is 6.61 Å². The van der Waals surface area contributed by atoms with E-state index in [1.54, 1.807) is 36.1 Å². The summed E-state index contributed by atoms with van der Waals surface area (Å²) in [5.74, 6) is 0.169. The van der Waals surface area contributed by atoms with Crippen LogP contribution < -0.4 is 10.1 Å². The number of nitrogens with one attached hydrogen (secondary N) is 1. The summed E-state index contributed by atoms with van der Waals surface area (Å²) in [6, 6.07) is 14.4. The summed E-state index contributed by atoms with van der Waals surface area (Å²) in [6.45, 7) is 3.98. The Hall–Kier alpha value is -2.53. The number of benzene rings is 2. The van der Waals surface area contributed by atoms with Gasteiger partial charge in [0.25, 0.3) is 5.91 Å². The molecule has 31 heavy (non-hydrogen) atoms. The van der Waals surface area contributed by atoms with E-state index in [2.05, 4.69) is 5.32 Å². The number of rotatable bonds is 8. The van der Waals surface area contributed by atoms with Crippen molar-refractivity contribution < 1.29 is 14.3 Å². The minimum Gasteiger partial charge on any atom is -0.484 e. The normalized spacial score (nSPS) is 15.2. The minimum atomic E-state index is -0.600. The van der Waals surface area contributed by atoms with E-state index in [0.29, 0.717) is 17.3 Å². The smallest absolute Gasteiger partial charge is 0.261 e. The molecule has 0 aliphatic heterocycles. The van der Waals surface area contributed by atoms with E-state index in [-0.39, 0.29) is 24.5 Å². The molecule has 1 aliphatic rings. The maximum atomic E-state index is 13.1. The summed E-state index contributed by atoms with van der Waals surface area (Å²) in [4.78, 5) is 27.7. The largest absolute Gasteiger partial charge is 0.484 e. The van der Waals surface area contributed by atoms with Crippen LogP contribution in [0.4, 0.5) is 0 Å². The highest BCUT2D eigenvalue weighted by atomic mass is 35.5. The van der Waals surface area contributed by atoms with Gasteiger partial charge < -0.3 is 15.0 Å². The van der Waals surface area contributed by atoms with Crippen LogP contribution in [-0.4, -0.2) is 35.4 Å². The fourth-order valence-electron chi connectivity index (χ4n) is 3.91. The van der Waals surface area contributed by atoms with Gasteiger partial charge in [-0.15, -0.1) is 0 Å². The van der Waals surface area contributed by atoms with Gasteiger partial charge in [-0.05, 0) is 56.0 Å². The number of aryl methyl sites for hydroxylation is 1. The molecule has 1 aliphatic carbocycles. The van der Waals surface area contributed by atoms with Crippen LogP contribution in [0.5, 0.6) is 5.75 Å². The number of carbonyl (C=O) groups excluding carboxylic acids is 2. The molecular formula is C25H31ClN2O3. The molecule has 1 unspecified atom stereocenters. The molecule has 5 nitrogen and oxygen atoms in total. The standard InChI is InChI=1S/C25H31ClN2O3/c1-18-9-6-7-10-20(18)16-28(19(2)25(30)27-22-12-4-3-5-13-22)24(29)17-31-23-14-8-11-21(26)15-23/h6-11,14-15,19,22H,3-5,12-13,16-17H2,1-2H3,(H,27,30). The van der Waals surface area contributed by atoms with Gasteiger partial charge >= 0.3 is 0 Å². The van der Waals surface area contributed by atoms with E-state index in [1.165, 1.54) is 6.42 Å². The molecule has 0 radical (unpaired) electrons. The van der Waals surface area contributed by atoms with Crippen molar-refractivity contribution in [3.05, 3.63) is 64.7 Å². The van der Waals surface area contributed by atoms with Gasteiger partial charge in [0.1, 0.15) is 11.8 Å². The maximum Gasteiger partial charge on any atom is 0.261 e. The van der Waals surface area contributed by atoms with E-state index in [0.717, 1.165) is 36.8 Å². The SMILES string of the molecule is Cc1ccccc1CN(C(=O)COc1cccc(Cl)c1)C(C)C(=O)NC1CCCCC1. The van der Waals surface area contributed by atoms with Crippen molar-refractivity contribution in [2.24, 2.45) is 0 Å². The fraction of sp³-hybridized carbons (Fsp3) is 0.440.